The summed E-state index contributed by atoms with van der Waals surface area (Å²) in [5, 5.41) is 10.7. The predicted molar refractivity (Wildman–Crippen MR) is 153 cm³/mol. The van der Waals surface area contributed by atoms with Crippen LogP contribution in [0.1, 0.15) is 52.5 Å². The van der Waals surface area contributed by atoms with Gasteiger partial charge < -0.3 is 25.9 Å². The van der Waals surface area contributed by atoms with Crippen LogP contribution in [0.2, 0.25) is 0 Å². The third kappa shape index (κ3) is 6.33. The second-order valence-electron chi connectivity index (χ2n) is 9.82. The fourth-order valence-electron chi connectivity index (χ4n) is 4.28. The molecule has 2 aromatic carbocycles. The molecule has 192 valence electrons. The zero-order valence-electron chi connectivity index (χ0n) is 22.2. The molecule has 0 fully saturated rings. The van der Waals surface area contributed by atoms with Crippen LogP contribution in [-0.4, -0.2) is 28.9 Å². The molecule has 0 aliphatic carbocycles. The van der Waals surface area contributed by atoms with E-state index in [1.54, 1.807) is 11.6 Å². The molecule has 1 heterocycles. The number of rotatable bonds is 12. The second kappa shape index (κ2) is 12.4. The lowest BCUT2D eigenvalue weighted by Crippen LogP contribution is -2.26. The molecule has 0 aliphatic heterocycles. The minimum Gasteiger partial charge on any atom is -0.404 e. The summed E-state index contributed by atoms with van der Waals surface area (Å²) in [5.74, 6) is 1.73. The summed E-state index contributed by atoms with van der Waals surface area (Å²) < 4.78 is 1.57. The van der Waals surface area contributed by atoms with E-state index >= 15 is 0 Å². The van der Waals surface area contributed by atoms with Crippen molar-refractivity contribution in [3.63, 3.8) is 0 Å². The topological polar surface area (TPSA) is 100 Å². The summed E-state index contributed by atoms with van der Waals surface area (Å²) in [6, 6.07) is 13.8. The van der Waals surface area contributed by atoms with Crippen molar-refractivity contribution in [2.45, 2.75) is 47.0 Å². The Balaban J connectivity index is 1.78. The number of hydrogen-bond acceptors (Lipinski definition) is 6. The number of nitrogens with zero attached hydrogens (tertiary/aromatic N) is 3. The van der Waals surface area contributed by atoms with E-state index in [9.17, 15) is 4.79 Å². The molecule has 3 aromatic rings. The summed E-state index contributed by atoms with van der Waals surface area (Å²) in [5.41, 5.74) is 10.1. The van der Waals surface area contributed by atoms with Crippen LogP contribution >= 0.6 is 0 Å². The number of anilines is 3. The van der Waals surface area contributed by atoms with Gasteiger partial charge in [0, 0.05) is 49.5 Å². The minimum absolute atomic E-state index is 0.219. The Hall–Kier alpha value is -3.61. The molecule has 1 unspecified atom stereocenters. The first-order valence-electron chi connectivity index (χ1n) is 12.8. The van der Waals surface area contributed by atoms with E-state index in [4.69, 9.17) is 11.1 Å². The lowest BCUT2D eigenvalue weighted by molar-refractivity contribution is 0.382. The van der Waals surface area contributed by atoms with Crippen LogP contribution in [0.5, 0.6) is 0 Å². The number of nitrogens with one attached hydrogen (secondary N) is 2. The third-order valence-electron chi connectivity index (χ3n) is 6.96. The first-order chi connectivity index (χ1) is 17.3. The maximum Gasteiger partial charge on any atom is 0.293 e. The molecule has 4 N–H and O–H groups in total. The number of aromatic nitrogens is 2. The van der Waals surface area contributed by atoms with Crippen LogP contribution in [-0.2, 0) is 7.05 Å². The first kappa shape index (κ1) is 27.0. The van der Waals surface area contributed by atoms with Crippen molar-refractivity contribution < 1.29 is 0 Å². The fourth-order valence-corrected chi connectivity index (χ4v) is 4.28. The average molecular weight is 489 g/mol. The van der Waals surface area contributed by atoms with Crippen molar-refractivity contribution in [3.8, 4) is 0 Å². The van der Waals surface area contributed by atoms with Gasteiger partial charge in [-0.2, -0.15) is 0 Å². The fraction of sp³-hybridized carbons (Fsp3) is 0.414. The van der Waals surface area contributed by atoms with Crippen molar-refractivity contribution in [1.82, 2.24) is 9.55 Å². The van der Waals surface area contributed by atoms with Crippen molar-refractivity contribution in [1.29, 1.82) is 5.41 Å². The Morgan fingerprint density at radius 3 is 2.50 bits per heavy atom. The number of aryl methyl sites for hydroxylation is 1. The molecule has 3 rings (SSSR count). The number of fused-ring (bicyclic) bond motifs is 1. The van der Waals surface area contributed by atoms with Gasteiger partial charge in [-0.25, -0.2) is 4.98 Å². The molecule has 1 atom stereocenters. The zero-order valence-corrected chi connectivity index (χ0v) is 22.2. The number of nitrogens with two attached hydrogens (primary N) is 1. The summed E-state index contributed by atoms with van der Waals surface area (Å²) in [7, 11) is 1.73. The maximum absolute atomic E-state index is 13.0. The Morgan fingerprint density at radius 2 is 1.89 bits per heavy atom. The number of benzene rings is 2. The van der Waals surface area contributed by atoms with Crippen LogP contribution in [0.25, 0.3) is 16.6 Å². The third-order valence-corrected chi connectivity index (χ3v) is 6.96. The van der Waals surface area contributed by atoms with Gasteiger partial charge in [-0.1, -0.05) is 33.8 Å². The molecule has 0 radical (unpaired) electrons. The smallest absolute Gasteiger partial charge is 0.293 e. The van der Waals surface area contributed by atoms with Crippen molar-refractivity contribution in [2.24, 2.45) is 24.6 Å². The van der Waals surface area contributed by atoms with Crippen LogP contribution in [0.3, 0.4) is 0 Å². The summed E-state index contributed by atoms with van der Waals surface area (Å²) in [6.07, 6.45) is 6.09. The van der Waals surface area contributed by atoms with Gasteiger partial charge in [0.1, 0.15) is 0 Å². The van der Waals surface area contributed by atoms with E-state index in [0.29, 0.717) is 16.6 Å². The largest absolute Gasteiger partial charge is 0.404 e. The standard InChI is InChI=1S/C29H40N6O/c1-6-15-35(16-7-8-21(4)20(2)3)25-12-10-24(11-13-25)32-28-29(36)34(5)27-17-22(23(18-30)19-31)9-14-26(27)33-28/h9-14,17-21,30H,6-8,15-16,31H2,1-5H3,(H,32,33)/b23-19+,30-18?. The van der Waals surface area contributed by atoms with Crippen LogP contribution in [0.15, 0.2) is 53.5 Å². The first-order valence-corrected chi connectivity index (χ1v) is 12.8. The monoisotopic (exact) mass is 488 g/mol. The molecule has 0 amide bonds. The van der Waals surface area contributed by atoms with Gasteiger partial charge in [-0.3, -0.25) is 4.79 Å². The van der Waals surface area contributed by atoms with Crippen LogP contribution < -0.4 is 21.5 Å². The Kier molecular flexibility index (Phi) is 9.28. The van der Waals surface area contributed by atoms with Gasteiger partial charge >= 0.3 is 0 Å². The summed E-state index contributed by atoms with van der Waals surface area (Å²) >= 11 is 0. The van der Waals surface area contributed by atoms with Gasteiger partial charge in [0.05, 0.1) is 11.0 Å². The van der Waals surface area contributed by atoms with E-state index in [1.165, 1.54) is 30.9 Å². The van der Waals surface area contributed by atoms with E-state index < -0.39 is 0 Å². The molecular formula is C29H40N6O. The van der Waals surface area contributed by atoms with E-state index in [-0.39, 0.29) is 11.4 Å². The lowest BCUT2D eigenvalue weighted by Gasteiger charge is -2.26. The molecule has 7 nitrogen and oxygen atoms in total. The van der Waals surface area contributed by atoms with Crippen molar-refractivity contribution >= 4 is 40.0 Å². The molecule has 0 saturated carbocycles. The van der Waals surface area contributed by atoms with Gasteiger partial charge in [-0.15, -0.1) is 0 Å². The average Bonchev–Trinajstić information content (AvgIpc) is 2.88. The lowest BCUT2D eigenvalue weighted by atomic mass is 9.93. The maximum atomic E-state index is 13.0. The Morgan fingerprint density at radius 1 is 1.17 bits per heavy atom. The van der Waals surface area contributed by atoms with E-state index in [1.807, 2.05) is 30.3 Å². The summed E-state index contributed by atoms with van der Waals surface area (Å²) in [4.78, 5) is 20.1. The van der Waals surface area contributed by atoms with Crippen LogP contribution in [0, 0.1) is 17.2 Å². The molecule has 0 bridgehead atoms. The van der Waals surface area contributed by atoms with Gasteiger partial charge in [0.2, 0.25) is 0 Å². The highest BCUT2D eigenvalue weighted by atomic mass is 16.1. The molecular weight excluding hydrogens is 448 g/mol. The Bertz CT molecular complexity index is 1260. The minimum atomic E-state index is -0.219. The normalized spacial score (nSPS) is 12.7. The Labute approximate surface area is 214 Å². The highest BCUT2D eigenvalue weighted by molar-refractivity contribution is 6.09. The molecule has 7 heteroatoms. The van der Waals surface area contributed by atoms with Gasteiger partial charge in [0.15, 0.2) is 5.82 Å². The van der Waals surface area contributed by atoms with Crippen LogP contribution in [0.4, 0.5) is 17.2 Å². The summed E-state index contributed by atoms with van der Waals surface area (Å²) in [6.45, 7) is 11.2. The van der Waals surface area contributed by atoms with Gasteiger partial charge in [-0.05, 0) is 73.1 Å². The van der Waals surface area contributed by atoms with E-state index in [2.05, 4.69) is 55.0 Å². The molecule has 36 heavy (non-hydrogen) atoms. The molecule has 0 spiro atoms. The number of hydrogen-bond donors (Lipinski definition) is 3. The van der Waals surface area contributed by atoms with Gasteiger partial charge in [0.25, 0.3) is 5.56 Å². The quantitative estimate of drug-likeness (QED) is 0.275. The predicted octanol–water partition coefficient (Wildman–Crippen LogP) is 5.91. The number of allylic oxidation sites excluding steroid dienone is 1. The zero-order chi connectivity index (χ0) is 26.2. The van der Waals surface area contributed by atoms with Crippen molar-refractivity contribution in [3.05, 3.63) is 64.6 Å². The molecule has 1 aromatic heterocycles. The molecule has 0 aliphatic rings. The second-order valence-corrected chi connectivity index (χ2v) is 9.82. The van der Waals surface area contributed by atoms with Crippen molar-refractivity contribution in [2.75, 3.05) is 23.3 Å². The highest BCUT2D eigenvalue weighted by Gasteiger charge is 2.12. The van der Waals surface area contributed by atoms with E-state index in [0.717, 1.165) is 42.6 Å². The SMILES string of the molecule is CCCN(CCCC(C)C(C)C)c1ccc(Nc2nc3ccc(/C(C=N)=C/N)cc3n(C)c2=O)cc1. The molecule has 0 saturated heterocycles. The highest BCUT2D eigenvalue weighted by Crippen LogP contribution is 2.23.